The van der Waals surface area contributed by atoms with Gasteiger partial charge in [-0.1, -0.05) is 76.2 Å². The van der Waals surface area contributed by atoms with E-state index in [4.69, 9.17) is 15.2 Å². The zero-order chi connectivity index (χ0) is 32.5. The Morgan fingerprint density at radius 3 is 1.78 bits per heavy atom. The third-order valence-corrected chi connectivity index (χ3v) is 14.8. The first-order valence-corrected chi connectivity index (χ1v) is 19.2. The van der Waals surface area contributed by atoms with Crippen LogP contribution in [0.25, 0.3) is 0 Å². The predicted molar refractivity (Wildman–Crippen MR) is 185 cm³/mol. The van der Waals surface area contributed by atoms with Gasteiger partial charge in [0.2, 0.25) is 11.8 Å². The first-order valence-electron chi connectivity index (χ1n) is 14.8. The number of amides is 2. The van der Waals surface area contributed by atoms with Crippen LogP contribution in [0, 0.1) is 0 Å². The Kier molecular flexibility index (Phi) is 15.4. The van der Waals surface area contributed by atoms with E-state index >= 15 is 0 Å². The van der Waals surface area contributed by atoms with Gasteiger partial charge in [0.25, 0.3) is 0 Å². The summed E-state index contributed by atoms with van der Waals surface area (Å²) in [6, 6.07) is 29.5. The van der Waals surface area contributed by atoms with Crippen LogP contribution in [0.15, 0.2) is 91.0 Å². The van der Waals surface area contributed by atoms with Crippen LogP contribution >= 0.6 is 28.9 Å². The summed E-state index contributed by atoms with van der Waals surface area (Å²) in [6.45, 7) is 3.43. The van der Waals surface area contributed by atoms with Crippen LogP contribution < -0.4 is 32.3 Å². The summed E-state index contributed by atoms with van der Waals surface area (Å²) in [4.78, 5) is 49.7. The summed E-state index contributed by atoms with van der Waals surface area (Å²) >= 11 is 0. The molecule has 4 N–H and O–H groups in total. The maximum absolute atomic E-state index is 13.1. The van der Waals surface area contributed by atoms with E-state index in [0.717, 1.165) is 5.49 Å². The van der Waals surface area contributed by atoms with E-state index in [9.17, 15) is 19.2 Å². The second-order valence-electron chi connectivity index (χ2n) is 9.89. The van der Waals surface area contributed by atoms with Crippen LogP contribution in [0.1, 0.15) is 26.7 Å². The molecule has 240 valence electrons. The monoisotopic (exact) mass is 670 g/mol. The number of nitrogens with one attached hydrogen (secondary N) is 2. The van der Waals surface area contributed by atoms with Crippen molar-refractivity contribution in [3.8, 4) is 0 Å². The molecule has 0 spiro atoms. The molecule has 0 bridgehead atoms. The average Bonchev–Trinajstić information content (AvgIpc) is 3.07. The zero-order valence-corrected chi connectivity index (χ0v) is 28.1. The maximum atomic E-state index is 13.1. The van der Waals surface area contributed by atoms with Crippen molar-refractivity contribution in [2.75, 3.05) is 31.0 Å². The van der Waals surface area contributed by atoms with Gasteiger partial charge >= 0.3 is 11.9 Å². The van der Waals surface area contributed by atoms with Gasteiger partial charge in [0.15, 0.2) is 0 Å². The van der Waals surface area contributed by atoms with E-state index in [1.807, 2.05) is 18.2 Å². The first kappa shape index (κ1) is 36.1. The molecule has 2 atom stereocenters. The highest BCUT2D eigenvalue weighted by atomic mass is 33.1. The number of ether oxygens (including phenoxy) is 2. The molecule has 0 aliphatic heterocycles. The summed E-state index contributed by atoms with van der Waals surface area (Å²) in [7, 11) is 1.02. The molecule has 3 aromatic carbocycles. The number of nitrogens with two attached hydrogens (primary N) is 1. The van der Waals surface area contributed by atoms with E-state index in [-0.39, 0.29) is 38.4 Å². The predicted octanol–water partition coefficient (Wildman–Crippen LogP) is 3.15. The van der Waals surface area contributed by atoms with Gasteiger partial charge in [-0.05, 0) is 56.7 Å². The second-order valence-corrected chi connectivity index (χ2v) is 16.3. The number of esters is 2. The van der Waals surface area contributed by atoms with Gasteiger partial charge in [-0.25, -0.2) is 0 Å². The SMILES string of the molecule is CCOC(=O)CNC(=O)[C@H](CSSC[P+](c1ccccc1)(c1ccccc1)c1ccccc1)NC(=O)CC[C@H](N)C(=O)OCC. The highest BCUT2D eigenvalue weighted by molar-refractivity contribution is 8.77. The van der Waals surface area contributed by atoms with Gasteiger partial charge in [-0.2, -0.15) is 0 Å². The molecule has 0 heterocycles. The van der Waals surface area contributed by atoms with Crippen LogP contribution in [-0.4, -0.2) is 66.8 Å². The molecule has 2 amide bonds. The van der Waals surface area contributed by atoms with E-state index in [1.54, 1.807) is 24.6 Å². The molecular weight excluding hydrogens is 629 g/mol. The molecule has 0 unspecified atom stereocenters. The molecule has 0 aromatic heterocycles. The molecule has 0 aliphatic rings. The van der Waals surface area contributed by atoms with Gasteiger partial charge in [0, 0.05) is 12.2 Å². The smallest absolute Gasteiger partial charge is 0.325 e. The fourth-order valence-corrected chi connectivity index (χ4v) is 13.5. The van der Waals surface area contributed by atoms with Gasteiger partial charge in [0.05, 0.1) is 13.2 Å². The number of hydrogen-bond acceptors (Lipinski definition) is 9. The van der Waals surface area contributed by atoms with Crippen molar-refractivity contribution < 1.29 is 28.7 Å². The van der Waals surface area contributed by atoms with Crippen LogP contribution in [0.4, 0.5) is 0 Å². The van der Waals surface area contributed by atoms with Crippen LogP contribution in [0.3, 0.4) is 0 Å². The van der Waals surface area contributed by atoms with Crippen molar-refractivity contribution in [1.29, 1.82) is 0 Å². The number of hydrogen-bond donors (Lipinski definition) is 3. The summed E-state index contributed by atoms with van der Waals surface area (Å²) in [5.41, 5.74) is 6.59. The fraction of sp³-hybridized carbons (Fsp3) is 0.333. The molecule has 0 aliphatic carbocycles. The Labute approximate surface area is 273 Å². The third-order valence-electron chi connectivity index (χ3n) is 6.79. The highest BCUT2D eigenvalue weighted by Gasteiger charge is 2.45. The van der Waals surface area contributed by atoms with Crippen LogP contribution in [0.5, 0.6) is 0 Å². The topological polar surface area (TPSA) is 137 Å². The molecule has 45 heavy (non-hydrogen) atoms. The number of rotatable bonds is 18. The minimum absolute atomic E-state index is 0.0654. The Morgan fingerprint density at radius 1 is 0.778 bits per heavy atom. The Balaban J connectivity index is 1.77. The van der Waals surface area contributed by atoms with Gasteiger partial charge < -0.3 is 25.8 Å². The van der Waals surface area contributed by atoms with Crippen molar-refractivity contribution in [3.05, 3.63) is 91.0 Å². The van der Waals surface area contributed by atoms with E-state index in [0.29, 0.717) is 0 Å². The number of benzene rings is 3. The first-order chi connectivity index (χ1) is 21.8. The second kappa shape index (κ2) is 19.2. The number of carbonyl (C=O) groups is 4. The average molecular weight is 671 g/mol. The summed E-state index contributed by atoms with van der Waals surface area (Å²) in [5, 5.41) is 9.04. The molecule has 0 radical (unpaired) electrons. The summed E-state index contributed by atoms with van der Waals surface area (Å²) < 4.78 is 9.83. The molecular formula is C33H41N3O6PS2+. The van der Waals surface area contributed by atoms with E-state index in [1.165, 1.54) is 26.7 Å². The largest absolute Gasteiger partial charge is 0.465 e. The lowest BCUT2D eigenvalue weighted by Gasteiger charge is -2.27. The third kappa shape index (κ3) is 10.9. The summed E-state index contributed by atoms with van der Waals surface area (Å²) in [5.74, 6) is -1.84. The van der Waals surface area contributed by atoms with Crippen LogP contribution in [-0.2, 0) is 28.7 Å². The molecule has 0 saturated carbocycles. The van der Waals surface area contributed by atoms with Gasteiger partial charge in [0.1, 0.15) is 47.3 Å². The quantitative estimate of drug-likeness (QED) is 0.0807. The van der Waals surface area contributed by atoms with Crippen molar-refractivity contribution in [2.45, 2.75) is 38.8 Å². The lowest BCUT2D eigenvalue weighted by Crippen LogP contribution is -2.49. The zero-order valence-electron chi connectivity index (χ0n) is 25.6. The lowest BCUT2D eigenvalue weighted by molar-refractivity contribution is -0.145. The lowest BCUT2D eigenvalue weighted by atomic mass is 10.1. The Hall–Kier alpha value is -3.37. The molecule has 3 aromatic rings. The molecule has 0 fully saturated rings. The molecule has 12 heteroatoms. The van der Waals surface area contributed by atoms with Crippen molar-refractivity contribution >= 4 is 68.5 Å². The van der Waals surface area contributed by atoms with E-state index < -0.39 is 43.1 Å². The Morgan fingerprint density at radius 2 is 1.29 bits per heavy atom. The van der Waals surface area contributed by atoms with Gasteiger partial charge in [-0.15, -0.1) is 0 Å². The Bertz CT molecular complexity index is 1270. The molecule has 3 rings (SSSR count). The minimum Gasteiger partial charge on any atom is -0.465 e. The van der Waals surface area contributed by atoms with Crippen molar-refractivity contribution in [2.24, 2.45) is 5.73 Å². The fourth-order valence-electron chi connectivity index (χ4n) is 4.55. The molecule has 0 saturated heterocycles. The summed E-state index contributed by atoms with van der Waals surface area (Å²) in [6.07, 6.45) is 0.00601. The minimum atomic E-state index is -2.10. The van der Waals surface area contributed by atoms with Crippen LogP contribution in [0.2, 0.25) is 0 Å². The van der Waals surface area contributed by atoms with Crippen molar-refractivity contribution in [1.82, 2.24) is 10.6 Å². The normalized spacial score (nSPS) is 12.4. The van der Waals surface area contributed by atoms with E-state index in [2.05, 4.69) is 83.4 Å². The van der Waals surface area contributed by atoms with Gasteiger partial charge in [-0.3, -0.25) is 19.2 Å². The maximum Gasteiger partial charge on any atom is 0.325 e. The number of carbonyl (C=O) groups excluding carboxylic acids is 4. The van der Waals surface area contributed by atoms with Crippen molar-refractivity contribution in [3.63, 3.8) is 0 Å². The standard InChI is InChI=1S/C33H40N3O6PS2/c1-3-41-31(38)22-35-32(39)29(36-30(37)21-20-28(34)33(40)42-4-2)23-44-45-24-43(25-14-8-5-9-15-25,26-16-10-6-11-17-26)27-18-12-7-13-19-27/h5-19,28-29H,3-4,20-24,34H2,1-2H3,(H-,35,36,37,39)/p+1/t28-,29-/m0/s1. The highest BCUT2D eigenvalue weighted by Crippen LogP contribution is 2.59. The molecule has 9 nitrogen and oxygen atoms in total.